The average Bonchev–Trinajstić information content (AvgIpc) is 3.25. The Labute approximate surface area is 173 Å². The van der Waals surface area contributed by atoms with E-state index in [0.29, 0.717) is 11.6 Å². The molecule has 1 aromatic heterocycles. The van der Waals surface area contributed by atoms with Gasteiger partial charge in [-0.05, 0) is 30.2 Å². The smallest absolute Gasteiger partial charge is 0.186 e. The monoisotopic (exact) mass is 417 g/mol. The second-order valence-electron chi connectivity index (χ2n) is 6.82. The number of aromatic nitrogens is 3. The maximum absolute atomic E-state index is 13.5. The van der Waals surface area contributed by atoms with Crippen molar-refractivity contribution in [2.75, 3.05) is 5.75 Å². The van der Waals surface area contributed by atoms with Crippen molar-refractivity contribution in [2.24, 2.45) is 0 Å². The predicted octanol–water partition coefficient (Wildman–Crippen LogP) is 5.63. The van der Waals surface area contributed by atoms with Crippen LogP contribution in [0, 0.1) is 5.82 Å². The third-order valence-electron chi connectivity index (χ3n) is 4.91. The zero-order chi connectivity index (χ0) is 19.6. The molecule has 3 aromatic rings. The highest BCUT2D eigenvalue weighted by Crippen LogP contribution is 2.59. The van der Waals surface area contributed by atoms with Crippen LogP contribution < -0.4 is 0 Å². The zero-order valence-electron chi connectivity index (χ0n) is 15.5. The van der Waals surface area contributed by atoms with Gasteiger partial charge in [-0.1, -0.05) is 67.0 Å². The number of epoxide rings is 1. The number of hydrogen-bond donors (Lipinski definition) is 0. The molecule has 1 fully saturated rings. The molecule has 0 unspecified atom stereocenters. The summed E-state index contributed by atoms with van der Waals surface area (Å²) in [6.07, 6.45) is 3.61. The highest BCUT2D eigenvalue weighted by Gasteiger charge is 2.59. The Morgan fingerprint density at radius 2 is 2.00 bits per heavy atom. The largest absolute Gasteiger partial charge is 0.354 e. The lowest BCUT2D eigenvalue weighted by molar-refractivity contribution is 0.256. The summed E-state index contributed by atoms with van der Waals surface area (Å²) < 4.78 is 21.6. The molecule has 28 heavy (non-hydrogen) atoms. The lowest BCUT2D eigenvalue weighted by Gasteiger charge is -2.16. The van der Waals surface area contributed by atoms with Gasteiger partial charge in [-0.2, -0.15) is 5.10 Å². The summed E-state index contributed by atoms with van der Waals surface area (Å²) in [7, 11) is 0. The summed E-state index contributed by atoms with van der Waals surface area (Å²) in [6, 6.07) is 14.1. The van der Waals surface area contributed by atoms with Gasteiger partial charge >= 0.3 is 0 Å². The molecule has 4 rings (SSSR count). The number of nitrogens with zero attached hydrogens (tertiary/aromatic N) is 3. The molecule has 2 aromatic carbocycles. The lowest BCUT2D eigenvalue weighted by Crippen LogP contribution is -2.20. The fourth-order valence-corrected chi connectivity index (χ4v) is 4.58. The maximum Gasteiger partial charge on any atom is 0.186 e. The Kier molecular flexibility index (Phi) is 5.71. The fraction of sp³-hybridized carbons (Fsp3) is 0.333. The molecule has 0 N–H and O–H groups in total. The van der Waals surface area contributed by atoms with Crippen LogP contribution >= 0.6 is 23.4 Å². The van der Waals surface area contributed by atoms with Gasteiger partial charge in [0.15, 0.2) is 5.16 Å². The van der Waals surface area contributed by atoms with Crippen LogP contribution in [-0.2, 0) is 16.9 Å². The summed E-state index contributed by atoms with van der Waals surface area (Å²) in [6.45, 7) is 2.66. The molecule has 4 nitrogen and oxygen atoms in total. The first-order valence-corrected chi connectivity index (χ1v) is 10.7. The van der Waals surface area contributed by atoms with Crippen molar-refractivity contribution in [3.05, 3.63) is 76.8 Å². The number of hydrogen-bond acceptors (Lipinski definition) is 4. The van der Waals surface area contributed by atoms with Crippen LogP contribution in [0.2, 0.25) is 5.02 Å². The van der Waals surface area contributed by atoms with Crippen molar-refractivity contribution in [3.8, 4) is 0 Å². The van der Waals surface area contributed by atoms with E-state index in [1.54, 1.807) is 30.2 Å². The highest BCUT2D eigenvalue weighted by molar-refractivity contribution is 7.99. The van der Waals surface area contributed by atoms with Crippen LogP contribution in [0.3, 0.4) is 0 Å². The quantitative estimate of drug-likeness (QED) is 0.270. The highest BCUT2D eigenvalue weighted by atomic mass is 35.5. The summed E-state index contributed by atoms with van der Waals surface area (Å²) in [5.74, 6) is 0.721. The van der Waals surface area contributed by atoms with E-state index in [2.05, 4.69) is 17.0 Å². The van der Waals surface area contributed by atoms with E-state index >= 15 is 0 Å². The van der Waals surface area contributed by atoms with Crippen molar-refractivity contribution in [3.63, 3.8) is 0 Å². The summed E-state index contributed by atoms with van der Waals surface area (Å²) >= 11 is 8.11. The van der Waals surface area contributed by atoms with Gasteiger partial charge in [0.2, 0.25) is 0 Å². The molecule has 1 aliphatic heterocycles. The molecule has 0 amide bonds. The summed E-state index contributed by atoms with van der Waals surface area (Å²) in [5.41, 5.74) is 1.18. The second-order valence-corrected chi connectivity index (χ2v) is 8.29. The predicted molar refractivity (Wildman–Crippen MR) is 109 cm³/mol. The van der Waals surface area contributed by atoms with Crippen molar-refractivity contribution < 1.29 is 9.13 Å². The first-order valence-electron chi connectivity index (χ1n) is 9.33. The number of rotatable bonds is 8. The van der Waals surface area contributed by atoms with Gasteiger partial charge in [0, 0.05) is 16.3 Å². The van der Waals surface area contributed by atoms with Gasteiger partial charge in [-0.15, -0.1) is 0 Å². The Hall–Kier alpha value is -1.89. The molecule has 0 aliphatic carbocycles. The average molecular weight is 418 g/mol. The normalized spacial score (nSPS) is 21.0. The summed E-state index contributed by atoms with van der Waals surface area (Å²) in [5, 5.41) is 5.94. The Balaban J connectivity index is 1.66. The van der Waals surface area contributed by atoms with E-state index in [9.17, 15) is 4.39 Å². The third kappa shape index (κ3) is 3.81. The first-order chi connectivity index (χ1) is 13.6. The molecule has 0 spiro atoms. The van der Waals surface area contributed by atoms with E-state index in [0.717, 1.165) is 34.9 Å². The van der Waals surface area contributed by atoms with Gasteiger partial charge in [0.05, 0.1) is 6.54 Å². The number of unbranched alkanes of at least 4 members (excludes halogenated alkanes) is 1. The molecule has 7 heteroatoms. The standard InChI is InChI=1S/C21H21ClFN3OS/c1-2-3-12-28-20-24-14-25-26(20)13-21(15-8-10-16(23)11-9-15)19(27-21)17-6-4-5-7-18(17)22/h4-11,14,19H,2-3,12-13H2,1H3/t19-,21+/m0/s1. The van der Waals surface area contributed by atoms with Crippen molar-refractivity contribution in [1.29, 1.82) is 0 Å². The van der Waals surface area contributed by atoms with Crippen LogP contribution in [0.25, 0.3) is 0 Å². The van der Waals surface area contributed by atoms with Gasteiger partial charge in [0.1, 0.15) is 23.8 Å². The SMILES string of the molecule is CCCCSc1ncnn1C[C@]1(c2ccc(F)cc2)O[C@H]1c1ccccc1Cl. The van der Waals surface area contributed by atoms with Gasteiger partial charge in [-0.25, -0.2) is 14.1 Å². The molecule has 1 saturated heterocycles. The maximum atomic E-state index is 13.5. The van der Waals surface area contributed by atoms with E-state index in [4.69, 9.17) is 16.3 Å². The second kappa shape index (κ2) is 8.23. The Morgan fingerprint density at radius 3 is 2.75 bits per heavy atom. The molecule has 0 bridgehead atoms. The topological polar surface area (TPSA) is 43.2 Å². The van der Waals surface area contributed by atoms with Crippen molar-refractivity contribution in [2.45, 2.75) is 43.2 Å². The molecule has 0 radical (unpaired) electrons. The minimum Gasteiger partial charge on any atom is -0.354 e. The van der Waals surface area contributed by atoms with Crippen LogP contribution in [0.5, 0.6) is 0 Å². The number of ether oxygens (including phenoxy) is 1. The lowest BCUT2D eigenvalue weighted by atomic mass is 9.91. The molecule has 1 aliphatic rings. The van der Waals surface area contributed by atoms with Crippen LogP contribution in [0.1, 0.15) is 37.0 Å². The number of thioether (sulfide) groups is 1. The van der Waals surface area contributed by atoms with Crippen molar-refractivity contribution >= 4 is 23.4 Å². The van der Waals surface area contributed by atoms with Crippen molar-refractivity contribution in [1.82, 2.24) is 14.8 Å². The molecule has 2 atom stereocenters. The van der Waals surface area contributed by atoms with E-state index in [1.807, 2.05) is 28.9 Å². The first kappa shape index (κ1) is 19.4. The van der Waals surface area contributed by atoms with E-state index in [-0.39, 0.29) is 11.9 Å². The van der Waals surface area contributed by atoms with Gasteiger partial charge in [-0.3, -0.25) is 0 Å². The third-order valence-corrected chi connectivity index (χ3v) is 6.32. The Bertz CT molecular complexity index is 949. The molecular weight excluding hydrogens is 397 g/mol. The molecule has 0 saturated carbocycles. The number of benzene rings is 2. The zero-order valence-corrected chi connectivity index (χ0v) is 17.1. The van der Waals surface area contributed by atoms with Gasteiger partial charge < -0.3 is 4.74 Å². The van der Waals surface area contributed by atoms with E-state index in [1.165, 1.54) is 12.1 Å². The molecular formula is C21H21ClFN3OS. The number of halogens is 2. The van der Waals surface area contributed by atoms with E-state index < -0.39 is 5.60 Å². The molecule has 146 valence electrons. The minimum absolute atomic E-state index is 0.218. The fourth-order valence-electron chi connectivity index (χ4n) is 3.35. The summed E-state index contributed by atoms with van der Waals surface area (Å²) in [4.78, 5) is 4.40. The Morgan fingerprint density at radius 1 is 1.21 bits per heavy atom. The van der Waals surface area contributed by atoms with Crippen LogP contribution in [-0.4, -0.2) is 20.5 Å². The van der Waals surface area contributed by atoms with Gasteiger partial charge in [0.25, 0.3) is 0 Å². The minimum atomic E-state index is -0.646. The van der Waals surface area contributed by atoms with Crippen LogP contribution in [0.15, 0.2) is 60.0 Å². The molecule has 2 heterocycles. The van der Waals surface area contributed by atoms with Crippen LogP contribution in [0.4, 0.5) is 4.39 Å².